The van der Waals surface area contributed by atoms with Crippen LogP contribution in [0.25, 0.3) is 6.08 Å². The first-order valence-corrected chi connectivity index (χ1v) is 4.64. The minimum Gasteiger partial charge on any atom is -0.247 e. The molecule has 0 saturated heterocycles. The second-order valence-electron chi connectivity index (χ2n) is 3.72. The number of halogens is 1. The number of hydrogen-bond donors (Lipinski definition) is 0. The fraction of sp³-hybridized carbons (Fsp3) is 0.333. The van der Waals surface area contributed by atoms with E-state index in [0.717, 1.165) is 0 Å². The maximum atomic E-state index is 12.5. The van der Waals surface area contributed by atoms with Gasteiger partial charge in [-0.1, -0.05) is 41.5 Å². The molecular weight excluding hydrogens is 163 g/mol. The van der Waals surface area contributed by atoms with E-state index in [9.17, 15) is 4.39 Å². The van der Waals surface area contributed by atoms with Gasteiger partial charge in [0.15, 0.2) is 0 Å². The van der Waals surface area contributed by atoms with E-state index < -0.39 is 6.17 Å². The molecule has 0 spiro atoms. The SMILES string of the molecule is Cc1cccc(C=C2CC(F)C2)c1. The van der Waals surface area contributed by atoms with Crippen LogP contribution in [0.4, 0.5) is 4.39 Å². The van der Waals surface area contributed by atoms with E-state index in [4.69, 9.17) is 0 Å². The van der Waals surface area contributed by atoms with Gasteiger partial charge in [0.25, 0.3) is 0 Å². The molecule has 0 aromatic heterocycles. The third-order valence-electron chi connectivity index (χ3n) is 2.38. The molecule has 0 nitrogen and oxygen atoms in total. The van der Waals surface area contributed by atoms with Crippen LogP contribution in [0.15, 0.2) is 29.8 Å². The predicted octanol–water partition coefficient (Wildman–Crippen LogP) is 3.51. The smallest absolute Gasteiger partial charge is 0.108 e. The number of hydrogen-bond acceptors (Lipinski definition) is 0. The Morgan fingerprint density at radius 3 is 2.77 bits per heavy atom. The van der Waals surface area contributed by atoms with E-state index in [2.05, 4.69) is 31.2 Å². The molecule has 0 heterocycles. The highest BCUT2D eigenvalue weighted by atomic mass is 19.1. The van der Waals surface area contributed by atoms with Gasteiger partial charge in [-0.05, 0) is 12.5 Å². The van der Waals surface area contributed by atoms with Crippen LogP contribution in [0.3, 0.4) is 0 Å². The summed E-state index contributed by atoms with van der Waals surface area (Å²) in [6.07, 6.45) is 2.78. The Labute approximate surface area is 78.1 Å². The van der Waals surface area contributed by atoms with Gasteiger partial charge in [-0.2, -0.15) is 0 Å². The average molecular weight is 176 g/mol. The molecule has 1 heteroatoms. The maximum Gasteiger partial charge on any atom is 0.108 e. The minimum atomic E-state index is -0.587. The molecule has 1 aliphatic rings. The Balaban J connectivity index is 2.14. The summed E-state index contributed by atoms with van der Waals surface area (Å²) in [5, 5.41) is 0. The van der Waals surface area contributed by atoms with Crippen molar-refractivity contribution in [2.75, 3.05) is 0 Å². The molecule has 0 aliphatic heterocycles. The molecule has 1 aromatic rings. The van der Waals surface area contributed by atoms with Crippen molar-refractivity contribution in [3.63, 3.8) is 0 Å². The van der Waals surface area contributed by atoms with E-state index in [1.165, 1.54) is 16.7 Å². The zero-order chi connectivity index (χ0) is 9.26. The Morgan fingerprint density at radius 2 is 2.15 bits per heavy atom. The quantitative estimate of drug-likeness (QED) is 0.614. The molecule has 2 rings (SSSR count). The van der Waals surface area contributed by atoms with E-state index in [0.29, 0.717) is 12.8 Å². The Kier molecular flexibility index (Phi) is 2.17. The lowest BCUT2D eigenvalue weighted by Crippen LogP contribution is -2.14. The molecule has 0 amide bonds. The normalized spacial score (nSPS) is 21.1. The van der Waals surface area contributed by atoms with Crippen LogP contribution in [0, 0.1) is 6.92 Å². The Hall–Kier alpha value is -1.11. The van der Waals surface area contributed by atoms with Gasteiger partial charge in [-0.3, -0.25) is 0 Å². The van der Waals surface area contributed by atoms with Gasteiger partial charge in [0.05, 0.1) is 0 Å². The largest absolute Gasteiger partial charge is 0.247 e. The lowest BCUT2D eigenvalue weighted by Gasteiger charge is -2.21. The van der Waals surface area contributed by atoms with E-state index in [-0.39, 0.29) is 0 Å². The third-order valence-corrected chi connectivity index (χ3v) is 2.38. The van der Waals surface area contributed by atoms with Crippen LogP contribution in [0.2, 0.25) is 0 Å². The highest BCUT2D eigenvalue weighted by molar-refractivity contribution is 5.55. The first-order chi connectivity index (χ1) is 6.24. The summed E-state index contributed by atoms with van der Waals surface area (Å²) in [5.74, 6) is 0. The molecule has 0 radical (unpaired) electrons. The van der Waals surface area contributed by atoms with Gasteiger partial charge in [0.1, 0.15) is 6.17 Å². The molecule has 1 saturated carbocycles. The molecular formula is C12H13F. The third kappa shape index (κ3) is 1.97. The maximum absolute atomic E-state index is 12.5. The van der Waals surface area contributed by atoms with Crippen LogP contribution in [-0.2, 0) is 0 Å². The molecule has 0 unspecified atom stereocenters. The lowest BCUT2D eigenvalue weighted by atomic mass is 9.88. The first-order valence-electron chi connectivity index (χ1n) is 4.64. The van der Waals surface area contributed by atoms with Gasteiger partial charge in [0, 0.05) is 12.8 Å². The van der Waals surface area contributed by atoms with Gasteiger partial charge >= 0.3 is 0 Å². The van der Waals surface area contributed by atoms with Crippen molar-refractivity contribution in [1.29, 1.82) is 0 Å². The second-order valence-corrected chi connectivity index (χ2v) is 3.72. The zero-order valence-corrected chi connectivity index (χ0v) is 7.76. The Morgan fingerprint density at radius 1 is 1.38 bits per heavy atom. The summed E-state index contributed by atoms with van der Waals surface area (Å²) in [7, 11) is 0. The monoisotopic (exact) mass is 176 g/mol. The lowest BCUT2D eigenvalue weighted by molar-refractivity contribution is 0.274. The minimum absolute atomic E-state index is 0.587. The van der Waals surface area contributed by atoms with Gasteiger partial charge < -0.3 is 0 Å². The molecule has 0 bridgehead atoms. The summed E-state index contributed by atoms with van der Waals surface area (Å²) in [4.78, 5) is 0. The summed E-state index contributed by atoms with van der Waals surface area (Å²) in [6.45, 7) is 2.07. The molecule has 13 heavy (non-hydrogen) atoms. The standard InChI is InChI=1S/C12H13F/c1-9-3-2-4-10(5-9)6-11-7-12(13)8-11/h2-6,12H,7-8H2,1H3. The topological polar surface area (TPSA) is 0 Å². The van der Waals surface area contributed by atoms with Crippen molar-refractivity contribution in [3.8, 4) is 0 Å². The van der Waals surface area contributed by atoms with Crippen LogP contribution < -0.4 is 0 Å². The fourth-order valence-electron chi connectivity index (χ4n) is 1.62. The van der Waals surface area contributed by atoms with Crippen LogP contribution in [0.1, 0.15) is 24.0 Å². The first kappa shape index (κ1) is 8.49. The van der Waals surface area contributed by atoms with Gasteiger partial charge in [-0.15, -0.1) is 0 Å². The highest BCUT2D eigenvalue weighted by Crippen LogP contribution is 2.30. The van der Waals surface area contributed by atoms with Crippen molar-refractivity contribution in [1.82, 2.24) is 0 Å². The van der Waals surface area contributed by atoms with Crippen molar-refractivity contribution in [2.45, 2.75) is 25.9 Å². The molecule has 1 aliphatic carbocycles. The summed E-state index contributed by atoms with van der Waals surface area (Å²) < 4.78 is 12.5. The van der Waals surface area contributed by atoms with Crippen LogP contribution >= 0.6 is 0 Å². The Bertz CT molecular complexity index is 331. The van der Waals surface area contributed by atoms with Crippen molar-refractivity contribution >= 4 is 6.08 Å². The number of aryl methyl sites for hydroxylation is 1. The number of allylic oxidation sites excluding steroid dienone is 1. The number of rotatable bonds is 1. The van der Waals surface area contributed by atoms with Crippen LogP contribution in [0.5, 0.6) is 0 Å². The van der Waals surface area contributed by atoms with Gasteiger partial charge in [0.2, 0.25) is 0 Å². The molecule has 0 N–H and O–H groups in total. The molecule has 68 valence electrons. The van der Waals surface area contributed by atoms with Crippen molar-refractivity contribution < 1.29 is 4.39 Å². The van der Waals surface area contributed by atoms with Crippen LogP contribution in [-0.4, -0.2) is 6.17 Å². The van der Waals surface area contributed by atoms with Crippen molar-refractivity contribution in [3.05, 3.63) is 41.0 Å². The molecule has 1 fully saturated rings. The highest BCUT2D eigenvalue weighted by Gasteiger charge is 2.21. The molecule has 0 atom stereocenters. The van der Waals surface area contributed by atoms with E-state index in [1.54, 1.807) is 0 Å². The fourth-order valence-corrected chi connectivity index (χ4v) is 1.62. The predicted molar refractivity (Wildman–Crippen MR) is 53.3 cm³/mol. The van der Waals surface area contributed by atoms with Crippen molar-refractivity contribution in [2.24, 2.45) is 0 Å². The van der Waals surface area contributed by atoms with E-state index in [1.807, 2.05) is 6.07 Å². The second kappa shape index (κ2) is 3.33. The number of alkyl halides is 1. The zero-order valence-electron chi connectivity index (χ0n) is 7.76. The molecule has 1 aromatic carbocycles. The number of benzene rings is 1. The van der Waals surface area contributed by atoms with E-state index >= 15 is 0 Å². The average Bonchev–Trinajstić information content (AvgIpc) is 2.01. The summed E-state index contributed by atoms with van der Waals surface area (Å²) in [5.41, 5.74) is 3.69. The summed E-state index contributed by atoms with van der Waals surface area (Å²) in [6, 6.07) is 8.29. The van der Waals surface area contributed by atoms with Gasteiger partial charge in [-0.25, -0.2) is 4.39 Å². The summed E-state index contributed by atoms with van der Waals surface area (Å²) >= 11 is 0.